The molecule has 7 heteroatoms. The van der Waals surface area contributed by atoms with E-state index < -0.39 is 9.84 Å². The van der Waals surface area contributed by atoms with Gasteiger partial charge in [0.2, 0.25) is 0 Å². The monoisotopic (exact) mass is 336 g/mol. The zero-order valence-electron chi connectivity index (χ0n) is 13.3. The number of nitrogens with one attached hydrogen (secondary N) is 2. The van der Waals surface area contributed by atoms with Gasteiger partial charge in [0.25, 0.3) is 0 Å². The van der Waals surface area contributed by atoms with Crippen LogP contribution in [0.3, 0.4) is 0 Å². The molecule has 1 aromatic rings. The van der Waals surface area contributed by atoms with Crippen molar-refractivity contribution in [3.63, 3.8) is 0 Å². The molecule has 0 spiro atoms. The van der Waals surface area contributed by atoms with E-state index in [1.807, 2.05) is 6.07 Å². The van der Waals surface area contributed by atoms with Gasteiger partial charge in [0, 0.05) is 18.7 Å². The Hall–Kier alpha value is -1.63. The van der Waals surface area contributed by atoms with Gasteiger partial charge in [-0.25, -0.2) is 18.4 Å². The Kier molecular flexibility index (Phi) is 5.15. The van der Waals surface area contributed by atoms with Crippen LogP contribution in [0.1, 0.15) is 38.5 Å². The minimum atomic E-state index is -2.88. The fourth-order valence-electron chi connectivity index (χ4n) is 3.13. The molecule has 1 fully saturated rings. The predicted octanol–water partition coefficient (Wildman–Crippen LogP) is 2.38. The fraction of sp³-hybridized carbons (Fsp3) is 0.625. The highest BCUT2D eigenvalue weighted by molar-refractivity contribution is 7.91. The van der Waals surface area contributed by atoms with Crippen molar-refractivity contribution in [2.45, 2.75) is 44.6 Å². The third-order valence-electron chi connectivity index (χ3n) is 4.39. The van der Waals surface area contributed by atoms with Crippen molar-refractivity contribution >= 4 is 21.5 Å². The van der Waals surface area contributed by atoms with Crippen LogP contribution in [0.2, 0.25) is 0 Å². The molecule has 0 aromatic carbocycles. The number of hydrogen-bond acceptors (Lipinski definition) is 6. The first-order valence-corrected chi connectivity index (χ1v) is 10.1. The lowest BCUT2D eigenvalue weighted by Crippen LogP contribution is -2.21. The maximum atomic E-state index is 11.5. The minimum absolute atomic E-state index is 0.0462. The van der Waals surface area contributed by atoms with Gasteiger partial charge in [0.1, 0.15) is 18.0 Å². The highest BCUT2D eigenvalue weighted by Crippen LogP contribution is 2.20. The van der Waals surface area contributed by atoms with Crippen LogP contribution in [0.5, 0.6) is 0 Å². The summed E-state index contributed by atoms with van der Waals surface area (Å²) in [5.74, 6) is 1.91. The third kappa shape index (κ3) is 4.92. The van der Waals surface area contributed by atoms with Crippen LogP contribution in [0.4, 0.5) is 11.6 Å². The van der Waals surface area contributed by atoms with Gasteiger partial charge in [-0.05, 0) is 38.5 Å². The molecule has 6 nitrogen and oxygen atoms in total. The van der Waals surface area contributed by atoms with Crippen molar-refractivity contribution in [3.8, 4) is 0 Å². The number of rotatable bonds is 6. The molecule has 0 saturated carbocycles. The maximum Gasteiger partial charge on any atom is 0.152 e. The van der Waals surface area contributed by atoms with E-state index in [0.717, 1.165) is 18.8 Å². The zero-order valence-corrected chi connectivity index (χ0v) is 14.1. The first-order chi connectivity index (χ1) is 11.1. The summed E-state index contributed by atoms with van der Waals surface area (Å²) >= 11 is 0. The summed E-state index contributed by atoms with van der Waals surface area (Å²) in [6.45, 7) is 0.861. The highest BCUT2D eigenvalue weighted by atomic mass is 32.2. The van der Waals surface area contributed by atoms with Crippen LogP contribution >= 0.6 is 0 Å². The van der Waals surface area contributed by atoms with Gasteiger partial charge in [-0.15, -0.1) is 0 Å². The first kappa shape index (κ1) is 16.2. The number of nitrogens with zero attached hydrogens (tertiary/aromatic N) is 2. The molecule has 1 unspecified atom stereocenters. The summed E-state index contributed by atoms with van der Waals surface area (Å²) in [7, 11) is -2.88. The molecule has 3 rings (SSSR count). The van der Waals surface area contributed by atoms with Crippen molar-refractivity contribution in [3.05, 3.63) is 24.0 Å². The van der Waals surface area contributed by atoms with Crippen LogP contribution in [0.15, 0.2) is 24.0 Å². The molecule has 0 bridgehead atoms. The lowest BCUT2D eigenvalue weighted by atomic mass is 9.97. The number of anilines is 2. The second-order valence-corrected chi connectivity index (χ2v) is 8.55. The van der Waals surface area contributed by atoms with E-state index in [0.29, 0.717) is 12.2 Å². The van der Waals surface area contributed by atoms with Crippen LogP contribution in [0.25, 0.3) is 0 Å². The van der Waals surface area contributed by atoms with Crippen molar-refractivity contribution in [2.75, 3.05) is 28.7 Å². The molecule has 2 aliphatic rings. The highest BCUT2D eigenvalue weighted by Gasteiger charge is 2.27. The standard InChI is InChI=1S/C16H24N4O2S/c21-23(22)9-7-14(11-23)20-16-10-15(18-12-19-16)17-8-6-13-4-2-1-3-5-13/h4,10,12,14H,1-3,5-9,11H2,(H2,17,18,19,20). The largest absolute Gasteiger partial charge is 0.370 e. The molecule has 0 radical (unpaired) electrons. The van der Waals surface area contributed by atoms with Gasteiger partial charge in [0.05, 0.1) is 11.5 Å². The summed E-state index contributed by atoms with van der Waals surface area (Å²) in [4.78, 5) is 8.41. The topological polar surface area (TPSA) is 84.0 Å². The number of sulfone groups is 1. The normalized spacial score (nSPS) is 23.3. The minimum Gasteiger partial charge on any atom is -0.370 e. The number of aromatic nitrogens is 2. The quantitative estimate of drug-likeness (QED) is 0.776. The van der Waals surface area contributed by atoms with Gasteiger partial charge in [-0.3, -0.25) is 0 Å². The molecule has 126 valence electrons. The Morgan fingerprint density at radius 1 is 1.22 bits per heavy atom. The van der Waals surface area contributed by atoms with Gasteiger partial charge in [0.15, 0.2) is 9.84 Å². The van der Waals surface area contributed by atoms with Crippen LogP contribution in [-0.2, 0) is 9.84 Å². The lowest BCUT2D eigenvalue weighted by molar-refractivity contribution is 0.602. The summed E-state index contributed by atoms with van der Waals surface area (Å²) in [5, 5.41) is 6.52. The molecule has 1 aliphatic carbocycles. The first-order valence-electron chi connectivity index (χ1n) is 8.31. The van der Waals surface area contributed by atoms with E-state index >= 15 is 0 Å². The number of hydrogen-bond donors (Lipinski definition) is 2. The molecule has 23 heavy (non-hydrogen) atoms. The van der Waals surface area contributed by atoms with E-state index in [-0.39, 0.29) is 17.5 Å². The van der Waals surface area contributed by atoms with Crippen LogP contribution in [0, 0.1) is 0 Å². The Labute approximate surface area is 137 Å². The van der Waals surface area contributed by atoms with Crippen molar-refractivity contribution in [1.82, 2.24) is 9.97 Å². The van der Waals surface area contributed by atoms with Crippen molar-refractivity contribution in [1.29, 1.82) is 0 Å². The predicted molar refractivity (Wildman–Crippen MR) is 92.4 cm³/mol. The van der Waals surface area contributed by atoms with Gasteiger partial charge >= 0.3 is 0 Å². The van der Waals surface area contributed by atoms with E-state index in [1.54, 1.807) is 0 Å². The maximum absolute atomic E-state index is 11.5. The van der Waals surface area contributed by atoms with Crippen LogP contribution < -0.4 is 10.6 Å². The average Bonchev–Trinajstić information content (AvgIpc) is 2.87. The number of allylic oxidation sites excluding steroid dienone is 1. The summed E-state index contributed by atoms with van der Waals surface area (Å²) < 4.78 is 23.0. The van der Waals surface area contributed by atoms with Crippen molar-refractivity contribution < 1.29 is 8.42 Å². The van der Waals surface area contributed by atoms with Gasteiger partial charge in [-0.1, -0.05) is 11.6 Å². The lowest BCUT2D eigenvalue weighted by Gasteiger charge is -2.14. The summed E-state index contributed by atoms with van der Waals surface area (Å²) in [6, 6.07) is 1.80. The van der Waals surface area contributed by atoms with E-state index in [9.17, 15) is 8.42 Å². The van der Waals surface area contributed by atoms with Crippen molar-refractivity contribution in [2.24, 2.45) is 0 Å². The average molecular weight is 336 g/mol. The van der Waals surface area contributed by atoms with Gasteiger partial charge < -0.3 is 10.6 Å². The fourth-order valence-corrected chi connectivity index (χ4v) is 4.81. The second kappa shape index (κ2) is 7.29. The third-order valence-corrected chi connectivity index (χ3v) is 6.16. The zero-order chi connectivity index (χ0) is 16.1. The SMILES string of the molecule is O=S1(=O)CCC(Nc2cc(NCCC3=CCCCC3)ncn2)C1. The smallest absolute Gasteiger partial charge is 0.152 e. The Bertz CT molecular complexity index is 672. The summed E-state index contributed by atoms with van der Waals surface area (Å²) in [6.07, 6.45) is 10.6. The Morgan fingerprint density at radius 2 is 2.09 bits per heavy atom. The molecular formula is C16H24N4O2S. The molecular weight excluding hydrogens is 312 g/mol. The van der Waals surface area contributed by atoms with E-state index in [1.165, 1.54) is 37.6 Å². The molecule has 1 aliphatic heterocycles. The van der Waals surface area contributed by atoms with Crippen LogP contribution in [-0.4, -0.2) is 42.5 Å². The molecule has 0 amide bonds. The Morgan fingerprint density at radius 3 is 2.83 bits per heavy atom. The summed E-state index contributed by atoms with van der Waals surface area (Å²) in [5.41, 5.74) is 1.53. The molecule has 1 aromatic heterocycles. The molecule has 1 atom stereocenters. The van der Waals surface area contributed by atoms with E-state index in [2.05, 4.69) is 26.7 Å². The van der Waals surface area contributed by atoms with Gasteiger partial charge in [-0.2, -0.15) is 0 Å². The van der Waals surface area contributed by atoms with E-state index in [4.69, 9.17) is 0 Å². The molecule has 1 saturated heterocycles. The molecule has 2 heterocycles. The molecule has 2 N–H and O–H groups in total. The second-order valence-electron chi connectivity index (χ2n) is 6.32. The Balaban J connectivity index is 1.50.